The molecule has 1 saturated carbocycles. The van der Waals surface area contributed by atoms with E-state index in [1.54, 1.807) is 12.1 Å². The second-order valence-corrected chi connectivity index (χ2v) is 4.76. The number of hydrogen-bond acceptors (Lipinski definition) is 2. The highest BCUT2D eigenvalue weighted by Gasteiger charge is 2.25. The quantitative estimate of drug-likeness (QED) is 0.812. The molecule has 1 aliphatic carbocycles. The average Bonchev–Trinajstić information content (AvgIpc) is 2.35. The first kappa shape index (κ1) is 12.2. The Kier molecular flexibility index (Phi) is 3.87. The first-order valence-electron chi connectivity index (χ1n) is 6.43. The second kappa shape index (κ2) is 5.39. The predicted molar refractivity (Wildman–Crippen MR) is 67.5 cm³/mol. The number of nitrogen functional groups attached to an aromatic ring is 1. The van der Waals surface area contributed by atoms with Gasteiger partial charge in [-0.3, -0.25) is 0 Å². The van der Waals surface area contributed by atoms with Gasteiger partial charge in [0.2, 0.25) is 0 Å². The maximum Gasteiger partial charge on any atom is 0.149 e. The van der Waals surface area contributed by atoms with E-state index in [4.69, 9.17) is 10.5 Å². The molecule has 1 aromatic carbocycles. The summed E-state index contributed by atoms with van der Waals surface area (Å²) in [5.74, 6) is 0.674. The summed E-state index contributed by atoms with van der Waals surface area (Å²) in [6.45, 7) is 2.18. The topological polar surface area (TPSA) is 35.2 Å². The fraction of sp³-hybridized carbons (Fsp3) is 0.571. The number of ether oxygens (including phenoxy) is 1. The molecule has 0 spiro atoms. The van der Waals surface area contributed by atoms with Gasteiger partial charge in [0.15, 0.2) is 0 Å². The lowest BCUT2D eigenvalue weighted by Crippen LogP contribution is -2.30. The zero-order valence-corrected chi connectivity index (χ0v) is 10.3. The molecule has 2 unspecified atom stereocenters. The van der Waals surface area contributed by atoms with E-state index in [0.29, 0.717) is 11.7 Å². The summed E-state index contributed by atoms with van der Waals surface area (Å²) in [4.78, 5) is 0. The Morgan fingerprint density at radius 1 is 1.35 bits per heavy atom. The van der Waals surface area contributed by atoms with Crippen molar-refractivity contribution in [2.24, 2.45) is 5.92 Å². The highest BCUT2D eigenvalue weighted by Crippen LogP contribution is 2.33. The minimum atomic E-state index is -0.397. The van der Waals surface area contributed by atoms with Crippen LogP contribution in [0.15, 0.2) is 18.2 Å². The number of nitrogens with two attached hydrogens (primary N) is 1. The highest BCUT2D eigenvalue weighted by atomic mass is 19.1. The summed E-state index contributed by atoms with van der Waals surface area (Å²) in [7, 11) is 0. The van der Waals surface area contributed by atoms with Crippen molar-refractivity contribution in [2.45, 2.75) is 45.1 Å². The largest absolute Gasteiger partial charge is 0.488 e. The molecule has 1 aliphatic rings. The zero-order valence-electron chi connectivity index (χ0n) is 10.3. The van der Waals surface area contributed by atoms with Crippen molar-refractivity contribution in [3.05, 3.63) is 24.0 Å². The van der Waals surface area contributed by atoms with Gasteiger partial charge in [-0.2, -0.15) is 0 Å². The molecule has 0 aliphatic heterocycles. The number of benzene rings is 1. The van der Waals surface area contributed by atoms with Gasteiger partial charge in [0.1, 0.15) is 23.4 Å². The van der Waals surface area contributed by atoms with E-state index in [0.717, 1.165) is 12.8 Å². The first-order chi connectivity index (χ1) is 8.22. The lowest BCUT2D eigenvalue weighted by molar-refractivity contribution is 0.0909. The molecule has 0 radical (unpaired) electrons. The van der Waals surface area contributed by atoms with Crippen LogP contribution >= 0.6 is 0 Å². The van der Waals surface area contributed by atoms with Gasteiger partial charge in [0, 0.05) is 0 Å². The van der Waals surface area contributed by atoms with E-state index in [1.807, 2.05) is 0 Å². The van der Waals surface area contributed by atoms with Crippen LogP contribution in [0.3, 0.4) is 0 Å². The van der Waals surface area contributed by atoms with Gasteiger partial charge in [-0.05, 0) is 43.7 Å². The Morgan fingerprint density at radius 2 is 2.12 bits per heavy atom. The van der Waals surface area contributed by atoms with Crippen molar-refractivity contribution >= 4 is 5.69 Å². The Hall–Kier alpha value is -1.25. The minimum Gasteiger partial charge on any atom is -0.488 e. The Labute approximate surface area is 102 Å². The highest BCUT2D eigenvalue weighted by molar-refractivity contribution is 5.53. The Morgan fingerprint density at radius 3 is 2.88 bits per heavy atom. The maximum atomic E-state index is 13.3. The standard InChI is InChI=1S/C14H20FNO/c1-2-10-6-3-4-8-12(10)17-13-9-5-7-11(15)14(13)16/h5,7,9-10,12H,2-4,6,8,16H2,1H3. The van der Waals surface area contributed by atoms with Crippen LogP contribution in [-0.2, 0) is 0 Å². The number of rotatable bonds is 3. The van der Waals surface area contributed by atoms with Gasteiger partial charge >= 0.3 is 0 Å². The van der Waals surface area contributed by atoms with Gasteiger partial charge in [0.25, 0.3) is 0 Å². The molecule has 2 N–H and O–H groups in total. The van der Waals surface area contributed by atoms with E-state index in [-0.39, 0.29) is 11.8 Å². The summed E-state index contributed by atoms with van der Waals surface area (Å²) in [6.07, 6.45) is 6.02. The molecule has 0 amide bonds. The fourth-order valence-electron chi connectivity index (χ4n) is 2.58. The molecule has 3 heteroatoms. The van der Waals surface area contributed by atoms with Crippen LogP contribution < -0.4 is 10.5 Å². The van der Waals surface area contributed by atoms with Gasteiger partial charge in [-0.15, -0.1) is 0 Å². The molecule has 2 rings (SSSR count). The second-order valence-electron chi connectivity index (χ2n) is 4.76. The van der Waals surface area contributed by atoms with Crippen LogP contribution in [0.25, 0.3) is 0 Å². The van der Waals surface area contributed by atoms with E-state index in [1.165, 1.54) is 25.3 Å². The van der Waals surface area contributed by atoms with Crippen LogP contribution in [0.2, 0.25) is 0 Å². The summed E-state index contributed by atoms with van der Waals surface area (Å²) < 4.78 is 19.2. The molecule has 0 saturated heterocycles. The molecular weight excluding hydrogens is 217 g/mol. The van der Waals surface area contributed by atoms with Crippen molar-refractivity contribution in [3.63, 3.8) is 0 Å². The molecule has 0 heterocycles. The number of anilines is 1. The van der Waals surface area contributed by atoms with Crippen LogP contribution in [-0.4, -0.2) is 6.10 Å². The molecule has 1 aromatic rings. The zero-order chi connectivity index (χ0) is 12.3. The molecule has 2 nitrogen and oxygen atoms in total. The van der Waals surface area contributed by atoms with Crippen LogP contribution in [0.5, 0.6) is 5.75 Å². The summed E-state index contributed by atoms with van der Waals surface area (Å²) in [5, 5.41) is 0. The third-order valence-electron chi connectivity index (χ3n) is 3.65. The number of halogens is 1. The van der Waals surface area contributed by atoms with Gasteiger partial charge in [0.05, 0.1) is 0 Å². The molecule has 0 bridgehead atoms. The SMILES string of the molecule is CCC1CCCCC1Oc1cccc(F)c1N. The Balaban J connectivity index is 2.11. The monoisotopic (exact) mass is 237 g/mol. The van der Waals surface area contributed by atoms with Gasteiger partial charge in [-0.25, -0.2) is 4.39 Å². The third kappa shape index (κ3) is 2.71. The molecule has 2 atom stereocenters. The van der Waals surface area contributed by atoms with Crippen LogP contribution in [0, 0.1) is 11.7 Å². The van der Waals surface area contributed by atoms with E-state index in [9.17, 15) is 4.39 Å². The van der Waals surface area contributed by atoms with Crippen molar-refractivity contribution in [2.75, 3.05) is 5.73 Å². The van der Waals surface area contributed by atoms with Crippen molar-refractivity contribution in [1.82, 2.24) is 0 Å². The minimum absolute atomic E-state index is 0.132. The molecule has 94 valence electrons. The van der Waals surface area contributed by atoms with Crippen LogP contribution in [0.4, 0.5) is 10.1 Å². The van der Waals surface area contributed by atoms with Crippen molar-refractivity contribution in [1.29, 1.82) is 0 Å². The smallest absolute Gasteiger partial charge is 0.149 e. The summed E-state index contributed by atoms with van der Waals surface area (Å²) >= 11 is 0. The lowest BCUT2D eigenvalue weighted by atomic mass is 9.85. The summed E-state index contributed by atoms with van der Waals surface area (Å²) in [5.41, 5.74) is 5.82. The number of para-hydroxylation sites is 1. The number of hydrogen-bond donors (Lipinski definition) is 1. The van der Waals surface area contributed by atoms with E-state index >= 15 is 0 Å². The predicted octanol–water partition coefficient (Wildman–Crippen LogP) is 3.76. The average molecular weight is 237 g/mol. The van der Waals surface area contributed by atoms with E-state index in [2.05, 4.69) is 6.92 Å². The molecule has 1 fully saturated rings. The lowest BCUT2D eigenvalue weighted by Gasteiger charge is -2.31. The fourth-order valence-corrected chi connectivity index (χ4v) is 2.58. The first-order valence-corrected chi connectivity index (χ1v) is 6.43. The van der Waals surface area contributed by atoms with Gasteiger partial charge in [-0.1, -0.05) is 19.4 Å². The molecule has 17 heavy (non-hydrogen) atoms. The molecular formula is C14H20FNO. The molecule has 0 aromatic heterocycles. The van der Waals surface area contributed by atoms with Crippen LogP contribution in [0.1, 0.15) is 39.0 Å². The third-order valence-corrected chi connectivity index (χ3v) is 3.65. The van der Waals surface area contributed by atoms with Crippen molar-refractivity contribution < 1.29 is 9.13 Å². The Bertz CT molecular complexity index is 380. The van der Waals surface area contributed by atoms with Gasteiger partial charge < -0.3 is 10.5 Å². The summed E-state index contributed by atoms with van der Waals surface area (Å²) in [6, 6.07) is 4.75. The normalized spacial score (nSPS) is 24.6. The van der Waals surface area contributed by atoms with Crippen molar-refractivity contribution in [3.8, 4) is 5.75 Å². The van der Waals surface area contributed by atoms with E-state index < -0.39 is 5.82 Å². The maximum absolute atomic E-state index is 13.3.